The van der Waals surface area contributed by atoms with Crippen LogP contribution in [0.3, 0.4) is 0 Å². The Morgan fingerprint density at radius 1 is 1.35 bits per heavy atom. The molecule has 7 heteroatoms. The average molecular weight is 315 g/mol. The van der Waals surface area contributed by atoms with Crippen molar-refractivity contribution in [2.45, 2.75) is 42.1 Å². The zero-order chi connectivity index (χ0) is 14.2. The van der Waals surface area contributed by atoms with Crippen LogP contribution >= 0.6 is 11.3 Å². The molecule has 2 aliphatic rings. The molecule has 112 valence electrons. The molecule has 0 amide bonds. The van der Waals surface area contributed by atoms with Gasteiger partial charge in [0.2, 0.25) is 10.0 Å². The molecule has 1 aliphatic heterocycles. The molecule has 5 nitrogen and oxygen atoms in total. The Morgan fingerprint density at radius 2 is 2.15 bits per heavy atom. The van der Waals surface area contributed by atoms with E-state index in [1.54, 1.807) is 6.07 Å². The van der Waals surface area contributed by atoms with Gasteiger partial charge in [0.05, 0.1) is 0 Å². The van der Waals surface area contributed by atoms with Gasteiger partial charge in [-0.25, -0.2) is 13.1 Å². The van der Waals surface area contributed by atoms with Crippen molar-refractivity contribution in [2.24, 2.45) is 0 Å². The standard InChI is InChI=1S/C13H21N3O2S2/c1-16-5-4-12(8-16)15-20(17,18)13-6-10(9-19-13)7-14-11-2-3-11/h6,9,11-12,14-15H,2-5,7-8H2,1H3. The predicted molar refractivity (Wildman–Crippen MR) is 80.4 cm³/mol. The van der Waals surface area contributed by atoms with Gasteiger partial charge in [-0.15, -0.1) is 11.3 Å². The van der Waals surface area contributed by atoms with Gasteiger partial charge in [-0.2, -0.15) is 0 Å². The van der Waals surface area contributed by atoms with Crippen LogP contribution < -0.4 is 10.0 Å². The van der Waals surface area contributed by atoms with E-state index in [2.05, 4.69) is 14.9 Å². The van der Waals surface area contributed by atoms with Crippen LogP contribution in [0.5, 0.6) is 0 Å². The highest BCUT2D eigenvalue weighted by molar-refractivity contribution is 7.91. The van der Waals surface area contributed by atoms with Crippen molar-refractivity contribution in [1.82, 2.24) is 14.9 Å². The van der Waals surface area contributed by atoms with E-state index in [1.807, 2.05) is 12.4 Å². The summed E-state index contributed by atoms with van der Waals surface area (Å²) in [7, 11) is -1.34. The molecule has 0 radical (unpaired) electrons. The van der Waals surface area contributed by atoms with Crippen LogP contribution in [0.25, 0.3) is 0 Å². The van der Waals surface area contributed by atoms with Crippen molar-refractivity contribution in [1.29, 1.82) is 0 Å². The van der Waals surface area contributed by atoms with E-state index in [0.717, 1.165) is 31.6 Å². The topological polar surface area (TPSA) is 61.4 Å². The molecule has 2 heterocycles. The van der Waals surface area contributed by atoms with Crippen molar-refractivity contribution in [3.63, 3.8) is 0 Å². The van der Waals surface area contributed by atoms with E-state index in [4.69, 9.17) is 0 Å². The molecule has 1 aliphatic carbocycles. The Labute approximate surface area is 124 Å². The first kappa shape index (κ1) is 14.5. The molecule has 2 fully saturated rings. The zero-order valence-electron chi connectivity index (χ0n) is 11.6. The van der Waals surface area contributed by atoms with Crippen molar-refractivity contribution >= 4 is 21.4 Å². The van der Waals surface area contributed by atoms with Gasteiger partial charge < -0.3 is 10.2 Å². The summed E-state index contributed by atoms with van der Waals surface area (Å²) in [6.45, 7) is 2.51. The lowest BCUT2D eigenvalue weighted by molar-refractivity contribution is 0.407. The van der Waals surface area contributed by atoms with Crippen LogP contribution in [-0.2, 0) is 16.6 Å². The highest BCUT2D eigenvalue weighted by Crippen LogP contribution is 2.23. The fraction of sp³-hybridized carbons (Fsp3) is 0.692. The SMILES string of the molecule is CN1CCC(NS(=O)(=O)c2cc(CNC3CC3)cs2)C1. The lowest BCUT2D eigenvalue weighted by atomic mass is 10.3. The smallest absolute Gasteiger partial charge is 0.250 e. The summed E-state index contributed by atoms with van der Waals surface area (Å²) in [6.07, 6.45) is 3.37. The second-order valence-corrected chi connectivity index (χ2v) is 8.65. The summed E-state index contributed by atoms with van der Waals surface area (Å²) in [6, 6.07) is 2.48. The molecule has 1 aromatic rings. The van der Waals surface area contributed by atoms with Gasteiger partial charge in [-0.1, -0.05) is 0 Å². The number of rotatable bonds is 6. The number of likely N-dealkylation sites (tertiary alicyclic amines) is 1. The maximum Gasteiger partial charge on any atom is 0.250 e. The van der Waals surface area contributed by atoms with Crippen molar-refractivity contribution in [2.75, 3.05) is 20.1 Å². The normalized spacial score (nSPS) is 24.4. The van der Waals surface area contributed by atoms with Crippen LogP contribution in [0.4, 0.5) is 0 Å². The predicted octanol–water partition coefficient (Wildman–Crippen LogP) is 0.983. The summed E-state index contributed by atoms with van der Waals surface area (Å²) in [5.41, 5.74) is 1.06. The van der Waals surface area contributed by atoms with Gasteiger partial charge in [0.15, 0.2) is 0 Å². The molecular weight excluding hydrogens is 294 g/mol. The monoisotopic (exact) mass is 315 g/mol. The third-order valence-corrected chi connectivity index (χ3v) is 6.79. The molecule has 1 unspecified atom stereocenters. The summed E-state index contributed by atoms with van der Waals surface area (Å²) >= 11 is 1.31. The third-order valence-electron chi connectivity index (χ3n) is 3.78. The molecule has 20 heavy (non-hydrogen) atoms. The van der Waals surface area contributed by atoms with Crippen molar-refractivity contribution < 1.29 is 8.42 Å². The largest absolute Gasteiger partial charge is 0.310 e. The summed E-state index contributed by atoms with van der Waals surface area (Å²) in [4.78, 5) is 2.15. The molecule has 0 spiro atoms. The fourth-order valence-corrected chi connectivity index (χ4v) is 4.93. The van der Waals surface area contributed by atoms with Gasteiger partial charge in [-0.3, -0.25) is 0 Å². The first-order chi connectivity index (χ1) is 9.53. The minimum Gasteiger partial charge on any atom is -0.310 e. The van der Waals surface area contributed by atoms with Crippen molar-refractivity contribution in [3.05, 3.63) is 17.0 Å². The number of nitrogens with one attached hydrogen (secondary N) is 2. The summed E-state index contributed by atoms with van der Waals surface area (Å²) < 4.78 is 27.9. The first-order valence-electron chi connectivity index (χ1n) is 7.04. The van der Waals surface area contributed by atoms with Gasteiger partial charge in [0.25, 0.3) is 0 Å². The molecule has 1 saturated carbocycles. The second-order valence-electron chi connectivity index (χ2n) is 5.80. The van der Waals surface area contributed by atoms with E-state index in [1.165, 1.54) is 24.2 Å². The number of nitrogens with zero attached hydrogens (tertiary/aromatic N) is 1. The van der Waals surface area contributed by atoms with Crippen LogP contribution in [-0.4, -0.2) is 45.5 Å². The number of likely N-dealkylation sites (N-methyl/N-ethyl adjacent to an activating group) is 1. The summed E-state index contributed by atoms with van der Waals surface area (Å²) in [5, 5.41) is 5.34. The van der Waals surface area contributed by atoms with Gasteiger partial charge >= 0.3 is 0 Å². The number of thiophene rings is 1. The van der Waals surface area contributed by atoms with E-state index < -0.39 is 10.0 Å². The van der Waals surface area contributed by atoms with E-state index >= 15 is 0 Å². The Kier molecular flexibility index (Phi) is 4.14. The highest BCUT2D eigenvalue weighted by Gasteiger charge is 2.26. The maximum absolute atomic E-state index is 12.3. The first-order valence-corrected chi connectivity index (χ1v) is 9.41. The molecule has 0 aromatic carbocycles. The Hall–Kier alpha value is -0.470. The number of hydrogen-bond donors (Lipinski definition) is 2. The van der Waals surface area contributed by atoms with Crippen molar-refractivity contribution in [3.8, 4) is 0 Å². The molecule has 2 N–H and O–H groups in total. The molecule has 1 atom stereocenters. The molecule has 1 aromatic heterocycles. The minimum absolute atomic E-state index is 0.0418. The van der Waals surface area contributed by atoms with Gasteiger partial charge in [0.1, 0.15) is 4.21 Å². The minimum atomic E-state index is -3.36. The van der Waals surface area contributed by atoms with Gasteiger partial charge in [-0.05, 0) is 49.9 Å². The van der Waals surface area contributed by atoms with Crippen LogP contribution in [0.15, 0.2) is 15.7 Å². The number of hydrogen-bond acceptors (Lipinski definition) is 5. The van der Waals surface area contributed by atoms with Crippen LogP contribution in [0.2, 0.25) is 0 Å². The lowest BCUT2D eigenvalue weighted by Crippen LogP contribution is -2.36. The van der Waals surface area contributed by atoms with Gasteiger partial charge in [0, 0.05) is 25.2 Å². The summed E-state index contributed by atoms with van der Waals surface area (Å²) in [5.74, 6) is 0. The second kappa shape index (κ2) is 5.73. The Morgan fingerprint density at radius 3 is 2.80 bits per heavy atom. The van der Waals surface area contributed by atoms with E-state index in [-0.39, 0.29) is 6.04 Å². The Balaban J connectivity index is 1.61. The van der Waals surface area contributed by atoms with E-state index in [0.29, 0.717) is 10.3 Å². The highest BCUT2D eigenvalue weighted by atomic mass is 32.2. The molecule has 1 saturated heterocycles. The quantitative estimate of drug-likeness (QED) is 0.822. The van der Waals surface area contributed by atoms with Crippen LogP contribution in [0.1, 0.15) is 24.8 Å². The molecular formula is C13H21N3O2S2. The molecule has 3 rings (SSSR count). The zero-order valence-corrected chi connectivity index (χ0v) is 13.3. The average Bonchev–Trinajstić information content (AvgIpc) is 2.93. The van der Waals surface area contributed by atoms with Crippen LogP contribution in [0, 0.1) is 0 Å². The lowest BCUT2D eigenvalue weighted by Gasteiger charge is -2.12. The number of sulfonamides is 1. The fourth-order valence-electron chi connectivity index (χ4n) is 2.45. The Bertz CT molecular complexity index is 566. The van der Waals surface area contributed by atoms with E-state index in [9.17, 15) is 8.42 Å². The maximum atomic E-state index is 12.3. The molecule has 0 bridgehead atoms. The third kappa shape index (κ3) is 3.59.